The molecular weight excluding hydrogens is 339 g/mol. The molecule has 0 fully saturated rings. The summed E-state index contributed by atoms with van der Waals surface area (Å²) in [5.41, 5.74) is -0.353. The number of rotatable bonds is 19. The summed E-state index contributed by atoms with van der Waals surface area (Å²) in [7, 11) is 0. The summed E-state index contributed by atoms with van der Waals surface area (Å²) in [6, 6.07) is 0. The smallest absolute Gasteiger partial charge is 0.306 e. The summed E-state index contributed by atoms with van der Waals surface area (Å²) in [4.78, 5) is 11.6. The van der Waals surface area contributed by atoms with Gasteiger partial charge in [-0.25, -0.2) is 0 Å². The molecule has 27 heavy (non-hydrogen) atoms. The monoisotopic (exact) mass is 386 g/mol. The molecule has 0 unspecified atom stereocenters. The second-order valence-corrected chi connectivity index (χ2v) is 9.04. The maximum atomic E-state index is 11.9. The molecular formula is C24H47FO2. The number of esters is 1. The van der Waals surface area contributed by atoms with Gasteiger partial charge in [-0.3, -0.25) is 9.18 Å². The standard InChI is InChI=1S/C24H47FO2/c1-24(2,3)27-23(26)21-19-17-15-13-11-9-7-5-4-6-8-10-12-14-16-18-20-22-25/h4-22H2,1-3H3. The third-order valence-corrected chi connectivity index (χ3v) is 4.93. The number of hydrogen-bond donors (Lipinski definition) is 0. The molecule has 0 bridgehead atoms. The van der Waals surface area contributed by atoms with Gasteiger partial charge in [0.05, 0.1) is 6.67 Å². The van der Waals surface area contributed by atoms with Crippen molar-refractivity contribution >= 4 is 5.97 Å². The van der Waals surface area contributed by atoms with Gasteiger partial charge in [0.25, 0.3) is 0 Å². The van der Waals surface area contributed by atoms with Crippen molar-refractivity contribution in [3.8, 4) is 0 Å². The van der Waals surface area contributed by atoms with E-state index < -0.39 is 0 Å². The number of carbonyl (C=O) groups is 1. The molecule has 0 saturated heterocycles. The normalized spacial score (nSPS) is 11.7. The van der Waals surface area contributed by atoms with Crippen molar-refractivity contribution in [1.29, 1.82) is 0 Å². The number of unbranched alkanes of at least 4 members (excludes halogenated alkanes) is 16. The molecule has 0 spiro atoms. The molecule has 0 aromatic heterocycles. The van der Waals surface area contributed by atoms with Crippen LogP contribution >= 0.6 is 0 Å². The van der Waals surface area contributed by atoms with Gasteiger partial charge in [0.15, 0.2) is 0 Å². The number of hydrogen-bond acceptors (Lipinski definition) is 2. The zero-order valence-corrected chi connectivity index (χ0v) is 18.6. The van der Waals surface area contributed by atoms with E-state index in [-0.39, 0.29) is 18.2 Å². The van der Waals surface area contributed by atoms with Crippen LogP contribution < -0.4 is 0 Å². The van der Waals surface area contributed by atoms with E-state index in [2.05, 4.69) is 0 Å². The second-order valence-electron chi connectivity index (χ2n) is 9.04. The van der Waals surface area contributed by atoms with Crippen LogP contribution in [0.25, 0.3) is 0 Å². The molecule has 0 aliphatic heterocycles. The van der Waals surface area contributed by atoms with E-state index in [0.29, 0.717) is 6.42 Å². The molecule has 2 nitrogen and oxygen atoms in total. The molecule has 0 N–H and O–H groups in total. The van der Waals surface area contributed by atoms with Gasteiger partial charge in [-0.05, 0) is 33.6 Å². The lowest BCUT2D eigenvalue weighted by Crippen LogP contribution is -2.23. The van der Waals surface area contributed by atoms with Crippen LogP contribution in [0.5, 0.6) is 0 Å². The fraction of sp³-hybridized carbons (Fsp3) is 0.958. The fourth-order valence-electron chi connectivity index (χ4n) is 3.41. The Morgan fingerprint density at radius 2 is 0.889 bits per heavy atom. The lowest BCUT2D eigenvalue weighted by atomic mass is 10.0. The first-order chi connectivity index (χ1) is 13.0. The van der Waals surface area contributed by atoms with Crippen molar-refractivity contribution in [3.05, 3.63) is 0 Å². The maximum Gasteiger partial charge on any atom is 0.306 e. The minimum absolute atomic E-state index is 0.0562. The Kier molecular flexibility index (Phi) is 18.3. The third kappa shape index (κ3) is 23.4. The fourth-order valence-corrected chi connectivity index (χ4v) is 3.41. The SMILES string of the molecule is CC(C)(C)OC(=O)CCCCCCCCCCCCCCCCCCCF. The Labute approximate surface area is 169 Å². The van der Waals surface area contributed by atoms with Gasteiger partial charge in [0, 0.05) is 6.42 Å². The number of carbonyl (C=O) groups excluding carboxylic acids is 1. The van der Waals surface area contributed by atoms with E-state index in [9.17, 15) is 9.18 Å². The summed E-state index contributed by atoms with van der Waals surface area (Å²) >= 11 is 0. The van der Waals surface area contributed by atoms with Crippen molar-refractivity contribution in [2.24, 2.45) is 0 Å². The number of alkyl halides is 1. The Bertz CT molecular complexity index is 323. The second kappa shape index (κ2) is 18.7. The van der Waals surface area contributed by atoms with Crippen molar-refractivity contribution in [3.63, 3.8) is 0 Å². The predicted octanol–water partition coefficient (Wildman–Crippen LogP) is 8.32. The molecule has 0 radical (unpaired) electrons. The van der Waals surface area contributed by atoms with Gasteiger partial charge in [0.1, 0.15) is 5.60 Å². The average Bonchev–Trinajstić information content (AvgIpc) is 2.59. The Hall–Kier alpha value is -0.600. The predicted molar refractivity (Wildman–Crippen MR) is 115 cm³/mol. The molecule has 0 atom stereocenters. The number of ether oxygens (including phenoxy) is 1. The van der Waals surface area contributed by atoms with Crippen LogP contribution in [0.1, 0.15) is 136 Å². The van der Waals surface area contributed by atoms with Crippen LogP contribution in [-0.2, 0) is 9.53 Å². The van der Waals surface area contributed by atoms with Crippen LogP contribution in [0.2, 0.25) is 0 Å². The van der Waals surface area contributed by atoms with Crippen LogP contribution in [0, 0.1) is 0 Å². The summed E-state index contributed by atoms with van der Waals surface area (Å²) in [6.07, 6.45) is 21.8. The lowest BCUT2D eigenvalue weighted by molar-refractivity contribution is -0.154. The Morgan fingerprint density at radius 1 is 0.593 bits per heavy atom. The van der Waals surface area contributed by atoms with Gasteiger partial charge in [-0.2, -0.15) is 0 Å². The molecule has 0 aromatic rings. The molecule has 0 saturated carbocycles. The zero-order valence-electron chi connectivity index (χ0n) is 18.6. The summed E-state index contributed by atoms with van der Waals surface area (Å²) < 4.78 is 17.3. The highest BCUT2D eigenvalue weighted by Crippen LogP contribution is 2.15. The summed E-state index contributed by atoms with van der Waals surface area (Å²) in [5.74, 6) is -0.0562. The molecule has 162 valence electrons. The molecule has 0 amide bonds. The van der Waals surface area contributed by atoms with Gasteiger partial charge in [-0.15, -0.1) is 0 Å². The van der Waals surface area contributed by atoms with Crippen molar-refractivity contribution in [2.45, 2.75) is 142 Å². The highest BCUT2D eigenvalue weighted by molar-refractivity contribution is 5.69. The summed E-state index contributed by atoms with van der Waals surface area (Å²) in [6.45, 7) is 5.62. The average molecular weight is 387 g/mol. The van der Waals surface area contributed by atoms with Crippen LogP contribution in [0.4, 0.5) is 4.39 Å². The molecule has 0 aliphatic carbocycles. The largest absolute Gasteiger partial charge is 0.460 e. The molecule has 0 aliphatic rings. The lowest BCUT2D eigenvalue weighted by Gasteiger charge is -2.19. The third-order valence-electron chi connectivity index (χ3n) is 4.93. The Morgan fingerprint density at radius 3 is 1.19 bits per heavy atom. The first kappa shape index (κ1) is 26.4. The van der Waals surface area contributed by atoms with Crippen molar-refractivity contribution in [2.75, 3.05) is 6.67 Å². The number of halogens is 1. The first-order valence-corrected chi connectivity index (χ1v) is 11.7. The molecule has 0 heterocycles. The van der Waals surface area contributed by atoms with Crippen molar-refractivity contribution in [1.82, 2.24) is 0 Å². The summed E-state index contributed by atoms with van der Waals surface area (Å²) in [5, 5.41) is 0. The van der Waals surface area contributed by atoms with Gasteiger partial charge >= 0.3 is 5.97 Å². The first-order valence-electron chi connectivity index (χ1n) is 11.7. The van der Waals surface area contributed by atoms with Crippen molar-refractivity contribution < 1.29 is 13.9 Å². The van der Waals surface area contributed by atoms with Gasteiger partial charge in [-0.1, -0.05) is 96.3 Å². The van der Waals surface area contributed by atoms with Crippen LogP contribution in [-0.4, -0.2) is 18.2 Å². The topological polar surface area (TPSA) is 26.3 Å². The van der Waals surface area contributed by atoms with E-state index in [1.165, 1.54) is 83.5 Å². The maximum absolute atomic E-state index is 11.9. The van der Waals surface area contributed by atoms with E-state index in [1.54, 1.807) is 0 Å². The van der Waals surface area contributed by atoms with Crippen LogP contribution in [0.15, 0.2) is 0 Å². The minimum Gasteiger partial charge on any atom is -0.460 e. The van der Waals surface area contributed by atoms with Gasteiger partial charge < -0.3 is 4.74 Å². The minimum atomic E-state index is -0.353. The highest BCUT2D eigenvalue weighted by atomic mass is 19.1. The van der Waals surface area contributed by atoms with E-state index in [1.807, 2.05) is 20.8 Å². The Balaban J connectivity index is 3.12. The highest BCUT2D eigenvalue weighted by Gasteiger charge is 2.15. The quantitative estimate of drug-likeness (QED) is 0.165. The van der Waals surface area contributed by atoms with E-state index in [4.69, 9.17) is 4.74 Å². The molecule has 0 rings (SSSR count). The zero-order chi connectivity index (χ0) is 20.2. The molecule has 3 heteroatoms. The van der Waals surface area contributed by atoms with Crippen LogP contribution in [0.3, 0.4) is 0 Å². The van der Waals surface area contributed by atoms with Gasteiger partial charge in [0.2, 0.25) is 0 Å². The molecule has 0 aromatic carbocycles. The van der Waals surface area contributed by atoms with E-state index >= 15 is 0 Å². The van der Waals surface area contributed by atoms with E-state index in [0.717, 1.165) is 25.7 Å².